The van der Waals surface area contributed by atoms with Gasteiger partial charge in [0.1, 0.15) is 5.60 Å². The molecule has 82 valence electrons. The van der Waals surface area contributed by atoms with Gasteiger partial charge < -0.3 is 10.1 Å². The van der Waals surface area contributed by atoms with E-state index in [-0.39, 0.29) is 11.7 Å². The summed E-state index contributed by atoms with van der Waals surface area (Å²) in [5.41, 5.74) is -0.180. The second-order valence-electron chi connectivity index (χ2n) is 3.78. The highest BCUT2D eigenvalue weighted by molar-refractivity contribution is 7.80. The van der Waals surface area contributed by atoms with Gasteiger partial charge in [0, 0.05) is 12.3 Å². The van der Waals surface area contributed by atoms with Gasteiger partial charge in [-0.3, -0.25) is 0 Å². The Morgan fingerprint density at radius 2 is 2.14 bits per heavy atom. The standard InChI is InChI=1S/C10H19NO2S/c1-2-10(5-3-4-6-10)13-9(12)11-7-8-14/h14H,2-8H2,1H3,(H,11,12). The highest BCUT2D eigenvalue weighted by Gasteiger charge is 2.35. The van der Waals surface area contributed by atoms with E-state index in [2.05, 4.69) is 24.9 Å². The van der Waals surface area contributed by atoms with Crippen molar-refractivity contribution in [3.05, 3.63) is 0 Å². The average Bonchev–Trinajstić information content (AvgIpc) is 2.64. The molecule has 1 amide bonds. The lowest BCUT2D eigenvalue weighted by molar-refractivity contribution is 0.0134. The predicted octanol–water partition coefficient (Wildman–Crippen LogP) is 2.37. The highest BCUT2D eigenvalue weighted by Crippen LogP contribution is 2.35. The summed E-state index contributed by atoms with van der Waals surface area (Å²) in [5.74, 6) is 0.647. The smallest absolute Gasteiger partial charge is 0.407 e. The van der Waals surface area contributed by atoms with Gasteiger partial charge in [0.15, 0.2) is 0 Å². The monoisotopic (exact) mass is 217 g/mol. The van der Waals surface area contributed by atoms with Gasteiger partial charge in [-0.05, 0) is 32.1 Å². The number of hydrogen-bond donors (Lipinski definition) is 2. The third-order valence-corrected chi connectivity index (χ3v) is 3.07. The maximum Gasteiger partial charge on any atom is 0.407 e. The molecule has 0 aliphatic heterocycles. The Morgan fingerprint density at radius 3 is 2.64 bits per heavy atom. The van der Waals surface area contributed by atoms with E-state index < -0.39 is 0 Å². The molecular formula is C10H19NO2S. The lowest BCUT2D eigenvalue weighted by atomic mass is 9.99. The van der Waals surface area contributed by atoms with E-state index in [4.69, 9.17) is 4.74 Å². The quantitative estimate of drug-likeness (QED) is 0.709. The molecule has 0 aromatic rings. The zero-order valence-corrected chi connectivity index (χ0v) is 9.61. The lowest BCUT2D eigenvalue weighted by Gasteiger charge is -2.27. The van der Waals surface area contributed by atoms with Crippen molar-refractivity contribution in [1.82, 2.24) is 5.32 Å². The van der Waals surface area contributed by atoms with Crippen LogP contribution in [0.4, 0.5) is 4.79 Å². The minimum absolute atomic E-state index is 0.180. The van der Waals surface area contributed by atoms with Gasteiger partial charge in [-0.15, -0.1) is 0 Å². The normalized spacial score (nSPS) is 19.3. The molecule has 0 aromatic heterocycles. The summed E-state index contributed by atoms with van der Waals surface area (Å²) in [7, 11) is 0. The third kappa shape index (κ3) is 3.08. The Labute approximate surface area is 91.0 Å². The van der Waals surface area contributed by atoms with Crippen molar-refractivity contribution in [2.75, 3.05) is 12.3 Å². The molecule has 1 saturated carbocycles. The molecule has 0 spiro atoms. The van der Waals surface area contributed by atoms with Crippen molar-refractivity contribution in [3.8, 4) is 0 Å². The maximum atomic E-state index is 11.4. The number of hydrogen-bond acceptors (Lipinski definition) is 3. The Kier molecular flexibility index (Phi) is 4.58. The van der Waals surface area contributed by atoms with Crippen molar-refractivity contribution < 1.29 is 9.53 Å². The summed E-state index contributed by atoms with van der Waals surface area (Å²) in [6, 6.07) is 0. The highest BCUT2D eigenvalue weighted by atomic mass is 32.1. The zero-order valence-electron chi connectivity index (χ0n) is 8.71. The summed E-state index contributed by atoms with van der Waals surface area (Å²) < 4.78 is 5.47. The molecule has 1 N–H and O–H groups in total. The second kappa shape index (κ2) is 5.49. The summed E-state index contributed by atoms with van der Waals surface area (Å²) >= 11 is 4.02. The van der Waals surface area contributed by atoms with E-state index in [1.54, 1.807) is 0 Å². The molecule has 0 atom stereocenters. The molecule has 0 heterocycles. The molecule has 1 fully saturated rings. The number of nitrogens with one attached hydrogen (secondary N) is 1. The molecule has 0 aromatic carbocycles. The molecule has 1 aliphatic carbocycles. The number of thiol groups is 1. The van der Waals surface area contributed by atoms with Crippen LogP contribution >= 0.6 is 12.6 Å². The Bertz CT molecular complexity index is 191. The van der Waals surface area contributed by atoms with Crippen LogP contribution in [0.2, 0.25) is 0 Å². The molecule has 1 rings (SSSR count). The van der Waals surface area contributed by atoms with Crippen LogP contribution in [0.1, 0.15) is 39.0 Å². The molecule has 14 heavy (non-hydrogen) atoms. The van der Waals surface area contributed by atoms with E-state index in [0.29, 0.717) is 12.3 Å². The van der Waals surface area contributed by atoms with E-state index >= 15 is 0 Å². The molecule has 0 bridgehead atoms. The SMILES string of the molecule is CCC1(OC(=O)NCCS)CCCC1. The Balaban J connectivity index is 2.36. The van der Waals surface area contributed by atoms with E-state index in [1.165, 1.54) is 12.8 Å². The zero-order chi connectivity index (χ0) is 10.4. The number of rotatable bonds is 4. The molecule has 0 saturated heterocycles. The third-order valence-electron chi connectivity index (χ3n) is 2.85. The van der Waals surface area contributed by atoms with Gasteiger partial charge in [0.2, 0.25) is 0 Å². The van der Waals surface area contributed by atoms with Crippen LogP contribution in [0.15, 0.2) is 0 Å². The van der Waals surface area contributed by atoms with Gasteiger partial charge in [0.05, 0.1) is 0 Å². The fourth-order valence-corrected chi connectivity index (χ4v) is 2.05. The largest absolute Gasteiger partial charge is 0.443 e. The topological polar surface area (TPSA) is 38.3 Å². The van der Waals surface area contributed by atoms with Gasteiger partial charge in [-0.1, -0.05) is 6.92 Å². The van der Waals surface area contributed by atoms with Crippen LogP contribution in [0, 0.1) is 0 Å². The Hall–Kier alpha value is -0.380. The molecule has 0 radical (unpaired) electrons. The predicted molar refractivity (Wildman–Crippen MR) is 59.8 cm³/mol. The van der Waals surface area contributed by atoms with Crippen LogP contribution in [-0.2, 0) is 4.74 Å². The van der Waals surface area contributed by atoms with E-state index in [9.17, 15) is 4.79 Å². The first kappa shape index (κ1) is 11.7. The van der Waals surface area contributed by atoms with Crippen molar-refractivity contribution in [1.29, 1.82) is 0 Å². The summed E-state index contributed by atoms with van der Waals surface area (Å²) in [4.78, 5) is 11.4. The fourth-order valence-electron chi connectivity index (χ4n) is 1.94. The van der Waals surface area contributed by atoms with Crippen molar-refractivity contribution >= 4 is 18.7 Å². The average molecular weight is 217 g/mol. The summed E-state index contributed by atoms with van der Waals surface area (Å²) in [6.45, 7) is 2.65. The van der Waals surface area contributed by atoms with Crippen LogP contribution in [0.25, 0.3) is 0 Å². The maximum absolute atomic E-state index is 11.4. The minimum atomic E-state index is -0.289. The van der Waals surface area contributed by atoms with Crippen molar-refractivity contribution in [2.24, 2.45) is 0 Å². The van der Waals surface area contributed by atoms with Crippen LogP contribution in [0.3, 0.4) is 0 Å². The Morgan fingerprint density at radius 1 is 1.50 bits per heavy atom. The lowest BCUT2D eigenvalue weighted by Crippen LogP contribution is -2.37. The van der Waals surface area contributed by atoms with Crippen molar-refractivity contribution in [3.63, 3.8) is 0 Å². The van der Waals surface area contributed by atoms with Crippen LogP contribution in [0.5, 0.6) is 0 Å². The van der Waals surface area contributed by atoms with Gasteiger partial charge in [0.25, 0.3) is 0 Å². The number of amides is 1. The molecule has 1 aliphatic rings. The number of ether oxygens (including phenoxy) is 1. The molecule has 4 heteroatoms. The second-order valence-corrected chi connectivity index (χ2v) is 4.23. The summed E-state index contributed by atoms with van der Waals surface area (Å²) in [6.07, 6.45) is 5.00. The number of carbonyl (C=O) groups excluding carboxylic acids is 1. The van der Waals surface area contributed by atoms with Crippen LogP contribution < -0.4 is 5.32 Å². The van der Waals surface area contributed by atoms with E-state index in [0.717, 1.165) is 19.3 Å². The van der Waals surface area contributed by atoms with Crippen LogP contribution in [-0.4, -0.2) is 24.0 Å². The van der Waals surface area contributed by atoms with Crippen molar-refractivity contribution in [2.45, 2.75) is 44.6 Å². The molecule has 3 nitrogen and oxygen atoms in total. The molecule has 0 unspecified atom stereocenters. The fraction of sp³-hybridized carbons (Fsp3) is 0.900. The first-order valence-corrected chi connectivity index (χ1v) is 5.93. The number of carbonyl (C=O) groups is 1. The van der Waals surface area contributed by atoms with Gasteiger partial charge in [-0.25, -0.2) is 4.79 Å². The van der Waals surface area contributed by atoms with E-state index in [1.807, 2.05) is 0 Å². The van der Waals surface area contributed by atoms with Gasteiger partial charge >= 0.3 is 6.09 Å². The summed E-state index contributed by atoms with van der Waals surface area (Å²) in [5, 5.41) is 2.68. The first-order chi connectivity index (χ1) is 6.72. The minimum Gasteiger partial charge on any atom is -0.443 e. The first-order valence-electron chi connectivity index (χ1n) is 5.30. The van der Waals surface area contributed by atoms with Gasteiger partial charge in [-0.2, -0.15) is 12.6 Å². The molecular weight excluding hydrogens is 198 g/mol. The number of alkyl carbamates (subject to hydrolysis) is 1.